The van der Waals surface area contributed by atoms with Crippen LogP contribution in [0.25, 0.3) is 0 Å². The van der Waals surface area contributed by atoms with Crippen molar-refractivity contribution in [2.45, 2.75) is 38.2 Å². The summed E-state index contributed by atoms with van der Waals surface area (Å²) in [6.07, 6.45) is 2.06. The summed E-state index contributed by atoms with van der Waals surface area (Å²) in [5, 5.41) is 12.5. The Morgan fingerprint density at radius 2 is 2.25 bits per heavy atom. The first-order valence-corrected chi connectivity index (χ1v) is 7.26. The third kappa shape index (κ3) is 3.51. The van der Waals surface area contributed by atoms with Crippen molar-refractivity contribution in [2.24, 2.45) is 5.92 Å². The smallest absolute Gasteiger partial charge is 0.223 e. The summed E-state index contributed by atoms with van der Waals surface area (Å²) in [6, 6.07) is 7.84. The molecule has 2 rings (SSSR count). The third-order valence-corrected chi connectivity index (χ3v) is 3.80. The maximum absolute atomic E-state index is 12.0. The second kappa shape index (κ2) is 6.75. The maximum atomic E-state index is 12.0. The monoisotopic (exact) mass is 277 g/mol. The molecule has 1 aromatic carbocycles. The highest BCUT2D eigenvalue weighted by molar-refractivity contribution is 5.83. The first kappa shape index (κ1) is 14.9. The molecule has 0 bridgehead atoms. The van der Waals surface area contributed by atoms with E-state index in [-0.39, 0.29) is 17.7 Å². The standard InChI is InChI=1S/C16H23NO3/c1-3-6-11(18)10-17-16(19)14-9-13(14)12-7-4-5-8-15(12)20-2/h4-5,7-8,11,13-14,18H,3,6,9-10H2,1-2H3,(H,17,19). The SMILES string of the molecule is CCCC(O)CNC(=O)C1CC1c1ccccc1OC. The van der Waals surface area contributed by atoms with Gasteiger partial charge < -0.3 is 15.2 Å². The fourth-order valence-corrected chi connectivity index (χ4v) is 2.59. The molecule has 4 nitrogen and oxygen atoms in total. The lowest BCUT2D eigenvalue weighted by molar-refractivity contribution is -0.122. The fourth-order valence-electron chi connectivity index (χ4n) is 2.59. The zero-order chi connectivity index (χ0) is 14.5. The van der Waals surface area contributed by atoms with Crippen molar-refractivity contribution in [1.29, 1.82) is 0 Å². The van der Waals surface area contributed by atoms with E-state index in [1.54, 1.807) is 7.11 Å². The minimum absolute atomic E-state index is 0.0140. The van der Waals surface area contributed by atoms with Crippen LogP contribution in [0.4, 0.5) is 0 Å². The molecule has 1 fully saturated rings. The normalized spacial score (nSPS) is 22.1. The molecule has 1 aromatic rings. The van der Waals surface area contributed by atoms with Crippen LogP contribution in [0, 0.1) is 5.92 Å². The Labute approximate surface area is 120 Å². The number of aliphatic hydroxyl groups is 1. The van der Waals surface area contributed by atoms with Gasteiger partial charge in [0.15, 0.2) is 0 Å². The number of rotatable bonds is 7. The number of hydrogen-bond donors (Lipinski definition) is 2. The molecule has 0 heterocycles. The van der Waals surface area contributed by atoms with Crippen LogP contribution in [0.5, 0.6) is 5.75 Å². The summed E-state index contributed by atoms with van der Waals surface area (Å²) in [7, 11) is 1.65. The highest BCUT2D eigenvalue weighted by Crippen LogP contribution is 2.50. The van der Waals surface area contributed by atoms with E-state index < -0.39 is 6.10 Å². The average molecular weight is 277 g/mol. The molecule has 0 aliphatic heterocycles. The Hall–Kier alpha value is -1.55. The zero-order valence-electron chi connectivity index (χ0n) is 12.1. The molecule has 0 radical (unpaired) electrons. The molecule has 1 amide bonds. The number of methoxy groups -OCH3 is 1. The van der Waals surface area contributed by atoms with Crippen LogP contribution in [0.1, 0.15) is 37.7 Å². The highest BCUT2D eigenvalue weighted by Gasteiger charge is 2.45. The molecule has 1 aliphatic rings. The van der Waals surface area contributed by atoms with E-state index >= 15 is 0 Å². The second-order valence-corrected chi connectivity index (χ2v) is 5.38. The molecule has 2 N–H and O–H groups in total. The topological polar surface area (TPSA) is 58.6 Å². The van der Waals surface area contributed by atoms with Gasteiger partial charge in [-0.3, -0.25) is 4.79 Å². The summed E-state index contributed by atoms with van der Waals surface area (Å²) in [6.45, 7) is 2.37. The van der Waals surface area contributed by atoms with Crippen LogP contribution in [0.3, 0.4) is 0 Å². The quantitative estimate of drug-likeness (QED) is 0.802. The number of nitrogens with one attached hydrogen (secondary N) is 1. The van der Waals surface area contributed by atoms with Gasteiger partial charge in [-0.2, -0.15) is 0 Å². The van der Waals surface area contributed by atoms with E-state index in [4.69, 9.17) is 4.74 Å². The molecule has 3 unspecified atom stereocenters. The number of amides is 1. The van der Waals surface area contributed by atoms with Crippen LogP contribution in [0.2, 0.25) is 0 Å². The van der Waals surface area contributed by atoms with E-state index in [0.717, 1.165) is 30.6 Å². The van der Waals surface area contributed by atoms with Crippen LogP contribution in [0.15, 0.2) is 24.3 Å². The molecular formula is C16H23NO3. The number of carbonyl (C=O) groups is 1. The third-order valence-electron chi connectivity index (χ3n) is 3.80. The summed E-state index contributed by atoms with van der Waals surface area (Å²) in [5.74, 6) is 1.14. The van der Waals surface area contributed by atoms with Gasteiger partial charge in [0.1, 0.15) is 5.75 Å². The first-order valence-electron chi connectivity index (χ1n) is 7.26. The average Bonchev–Trinajstić information content (AvgIpc) is 3.25. The Morgan fingerprint density at radius 1 is 1.50 bits per heavy atom. The molecule has 20 heavy (non-hydrogen) atoms. The summed E-state index contributed by atoms with van der Waals surface area (Å²) in [5.41, 5.74) is 1.10. The molecule has 1 aliphatic carbocycles. The van der Waals surface area contributed by atoms with Crippen molar-refractivity contribution in [3.63, 3.8) is 0 Å². The maximum Gasteiger partial charge on any atom is 0.223 e. The van der Waals surface area contributed by atoms with Gasteiger partial charge in [0.2, 0.25) is 5.91 Å². The number of carbonyl (C=O) groups excluding carboxylic acids is 1. The van der Waals surface area contributed by atoms with Crippen molar-refractivity contribution in [3.8, 4) is 5.75 Å². The van der Waals surface area contributed by atoms with E-state index in [9.17, 15) is 9.90 Å². The Bertz CT molecular complexity index is 461. The van der Waals surface area contributed by atoms with E-state index in [1.807, 2.05) is 31.2 Å². The Kier molecular flexibility index (Phi) is 5.01. The summed E-state index contributed by atoms with van der Waals surface area (Å²) >= 11 is 0. The largest absolute Gasteiger partial charge is 0.496 e. The van der Waals surface area contributed by atoms with Gasteiger partial charge >= 0.3 is 0 Å². The predicted molar refractivity (Wildman–Crippen MR) is 77.8 cm³/mol. The van der Waals surface area contributed by atoms with Crippen LogP contribution in [-0.4, -0.2) is 30.8 Å². The molecule has 3 atom stereocenters. The number of para-hydroxylation sites is 1. The van der Waals surface area contributed by atoms with Crippen LogP contribution >= 0.6 is 0 Å². The number of aliphatic hydroxyl groups excluding tert-OH is 1. The van der Waals surface area contributed by atoms with Crippen molar-refractivity contribution >= 4 is 5.91 Å². The van der Waals surface area contributed by atoms with E-state index in [2.05, 4.69) is 5.32 Å². The van der Waals surface area contributed by atoms with Gasteiger partial charge in [0, 0.05) is 12.5 Å². The lowest BCUT2D eigenvalue weighted by Crippen LogP contribution is -2.33. The van der Waals surface area contributed by atoms with Crippen LogP contribution < -0.4 is 10.1 Å². The van der Waals surface area contributed by atoms with Crippen LogP contribution in [-0.2, 0) is 4.79 Å². The molecule has 0 aromatic heterocycles. The van der Waals surface area contributed by atoms with Gasteiger partial charge in [0.05, 0.1) is 13.2 Å². The predicted octanol–water partition coefficient (Wildman–Crippen LogP) is 2.08. The second-order valence-electron chi connectivity index (χ2n) is 5.38. The van der Waals surface area contributed by atoms with Gasteiger partial charge in [-0.1, -0.05) is 31.5 Å². The minimum atomic E-state index is -0.438. The fraction of sp³-hybridized carbons (Fsp3) is 0.562. The van der Waals surface area contributed by atoms with Crippen molar-refractivity contribution < 1.29 is 14.6 Å². The molecule has 0 spiro atoms. The lowest BCUT2D eigenvalue weighted by Gasteiger charge is -2.11. The number of benzene rings is 1. The van der Waals surface area contributed by atoms with Gasteiger partial charge in [0.25, 0.3) is 0 Å². The molecule has 110 valence electrons. The zero-order valence-corrected chi connectivity index (χ0v) is 12.1. The Morgan fingerprint density at radius 3 is 2.95 bits per heavy atom. The van der Waals surface area contributed by atoms with Gasteiger partial charge in [-0.05, 0) is 30.4 Å². The summed E-state index contributed by atoms with van der Waals surface area (Å²) < 4.78 is 5.33. The molecular weight excluding hydrogens is 254 g/mol. The minimum Gasteiger partial charge on any atom is -0.496 e. The van der Waals surface area contributed by atoms with Gasteiger partial charge in [-0.25, -0.2) is 0 Å². The van der Waals surface area contributed by atoms with E-state index in [1.165, 1.54) is 0 Å². The molecule has 4 heteroatoms. The Balaban J connectivity index is 1.86. The highest BCUT2D eigenvalue weighted by atomic mass is 16.5. The molecule has 0 saturated heterocycles. The van der Waals surface area contributed by atoms with Crippen molar-refractivity contribution in [2.75, 3.05) is 13.7 Å². The van der Waals surface area contributed by atoms with Gasteiger partial charge in [-0.15, -0.1) is 0 Å². The first-order chi connectivity index (χ1) is 9.67. The summed E-state index contributed by atoms with van der Waals surface area (Å²) in [4.78, 5) is 12.0. The van der Waals surface area contributed by atoms with E-state index in [0.29, 0.717) is 6.54 Å². The number of ether oxygens (including phenoxy) is 1. The van der Waals surface area contributed by atoms with Crippen molar-refractivity contribution in [1.82, 2.24) is 5.32 Å². The lowest BCUT2D eigenvalue weighted by atomic mass is 10.1. The van der Waals surface area contributed by atoms with Crippen molar-refractivity contribution in [3.05, 3.63) is 29.8 Å². The molecule has 1 saturated carbocycles. The number of hydrogen-bond acceptors (Lipinski definition) is 3.